The third-order valence-electron chi connectivity index (χ3n) is 6.16. The zero-order chi connectivity index (χ0) is 23.4. The van der Waals surface area contributed by atoms with Crippen LogP contribution in [-0.4, -0.2) is 52.2 Å². The lowest BCUT2D eigenvalue weighted by Gasteiger charge is -2.28. The molecular weight excluding hydrogens is 436 g/mol. The monoisotopic (exact) mass is 466 g/mol. The molecule has 3 aromatic rings. The van der Waals surface area contributed by atoms with E-state index < -0.39 is 0 Å². The molecule has 0 unspecified atom stereocenters. The van der Waals surface area contributed by atoms with Crippen LogP contribution in [0.4, 0.5) is 0 Å². The average molecular weight is 467 g/mol. The maximum atomic E-state index is 13.4. The highest BCUT2D eigenvalue weighted by molar-refractivity contribution is 6.30. The number of hydrogen-bond donors (Lipinski definition) is 0. The predicted molar refractivity (Wildman–Crippen MR) is 131 cm³/mol. The molecule has 0 radical (unpaired) electrons. The average Bonchev–Trinajstić information content (AvgIpc) is 3.20. The van der Waals surface area contributed by atoms with Crippen LogP contribution in [0.1, 0.15) is 47.6 Å². The van der Waals surface area contributed by atoms with Gasteiger partial charge in [-0.25, -0.2) is 4.68 Å². The molecule has 1 amide bonds. The lowest BCUT2D eigenvalue weighted by molar-refractivity contribution is 0.0746. The standard InChI is InChI=1S/C26H31ClN4O2/c1-4-14-29-15-13-24-22(17-29)23(28-31(24)20-10-8-9-19(27)16-20)18-30(5-2)26(32)21-11-6-7-12-25(21)33-3/h6-12,16H,4-5,13-15,17-18H2,1-3H3. The minimum Gasteiger partial charge on any atom is -0.496 e. The van der Waals surface area contributed by atoms with Crippen molar-refractivity contribution < 1.29 is 9.53 Å². The van der Waals surface area contributed by atoms with Crippen molar-refractivity contribution in [2.45, 2.75) is 39.8 Å². The van der Waals surface area contributed by atoms with Gasteiger partial charge in [0.25, 0.3) is 5.91 Å². The van der Waals surface area contributed by atoms with E-state index in [0.29, 0.717) is 29.4 Å². The second kappa shape index (κ2) is 10.4. The fourth-order valence-corrected chi connectivity index (χ4v) is 4.68. The van der Waals surface area contributed by atoms with Crippen LogP contribution in [0.25, 0.3) is 5.69 Å². The first-order chi connectivity index (χ1) is 16.0. The minimum atomic E-state index is -0.0535. The summed E-state index contributed by atoms with van der Waals surface area (Å²) < 4.78 is 7.44. The molecule has 0 fully saturated rings. The highest BCUT2D eigenvalue weighted by Crippen LogP contribution is 2.28. The number of rotatable bonds is 8. The Bertz CT molecular complexity index is 1130. The number of carbonyl (C=O) groups excluding carboxylic acids is 1. The third kappa shape index (κ3) is 4.92. The van der Waals surface area contributed by atoms with E-state index in [9.17, 15) is 4.79 Å². The predicted octanol–water partition coefficient (Wildman–Crippen LogP) is 4.96. The summed E-state index contributed by atoms with van der Waals surface area (Å²) in [7, 11) is 1.59. The highest BCUT2D eigenvalue weighted by atomic mass is 35.5. The van der Waals surface area contributed by atoms with Crippen LogP contribution in [0.15, 0.2) is 48.5 Å². The number of nitrogens with zero attached hydrogens (tertiary/aromatic N) is 4. The molecule has 0 aliphatic carbocycles. The van der Waals surface area contributed by atoms with Gasteiger partial charge < -0.3 is 9.64 Å². The molecular formula is C26H31ClN4O2. The van der Waals surface area contributed by atoms with E-state index in [-0.39, 0.29) is 5.91 Å². The maximum Gasteiger partial charge on any atom is 0.257 e. The fourth-order valence-electron chi connectivity index (χ4n) is 4.50. The van der Waals surface area contributed by atoms with Crippen molar-refractivity contribution in [3.8, 4) is 11.4 Å². The van der Waals surface area contributed by atoms with Crippen molar-refractivity contribution in [3.05, 3.63) is 76.1 Å². The molecule has 4 rings (SSSR count). The van der Waals surface area contributed by atoms with Gasteiger partial charge in [0.05, 0.1) is 36.3 Å². The molecule has 0 spiro atoms. The van der Waals surface area contributed by atoms with E-state index in [4.69, 9.17) is 21.4 Å². The van der Waals surface area contributed by atoms with Gasteiger partial charge in [0, 0.05) is 36.6 Å². The van der Waals surface area contributed by atoms with E-state index in [1.54, 1.807) is 7.11 Å². The SMILES string of the molecule is CCCN1CCc2c(c(CN(CC)C(=O)c3ccccc3OC)nn2-c2cccc(Cl)c2)C1. The van der Waals surface area contributed by atoms with Crippen LogP contribution in [0.5, 0.6) is 5.75 Å². The Labute approximate surface area is 200 Å². The maximum absolute atomic E-state index is 13.4. The smallest absolute Gasteiger partial charge is 0.257 e. The van der Waals surface area contributed by atoms with Crippen LogP contribution in [0.2, 0.25) is 5.02 Å². The van der Waals surface area contributed by atoms with Gasteiger partial charge in [-0.3, -0.25) is 9.69 Å². The number of para-hydroxylation sites is 1. The van der Waals surface area contributed by atoms with Gasteiger partial charge in [0.1, 0.15) is 5.75 Å². The molecule has 7 heteroatoms. The Morgan fingerprint density at radius 2 is 2.00 bits per heavy atom. The van der Waals surface area contributed by atoms with Crippen molar-refractivity contribution in [2.75, 3.05) is 26.7 Å². The first-order valence-electron chi connectivity index (χ1n) is 11.6. The number of aromatic nitrogens is 2. The van der Waals surface area contributed by atoms with E-state index in [0.717, 1.165) is 43.9 Å². The van der Waals surface area contributed by atoms with Crippen LogP contribution in [0, 0.1) is 0 Å². The topological polar surface area (TPSA) is 50.6 Å². The summed E-state index contributed by atoms with van der Waals surface area (Å²) in [5, 5.41) is 5.69. The van der Waals surface area contributed by atoms with Crippen LogP contribution in [-0.2, 0) is 19.5 Å². The highest BCUT2D eigenvalue weighted by Gasteiger charge is 2.28. The lowest BCUT2D eigenvalue weighted by Crippen LogP contribution is -2.33. The number of ether oxygens (including phenoxy) is 1. The second-order valence-corrected chi connectivity index (χ2v) is 8.75. The largest absolute Gasteiger partial charge is 0.496 e. The zero-order valence-electron chi connectivity index (χ0n) is 19.6. The number of methoxy groups -OCH3 is 1. The Morgan fingerprint density at radius 1 is 1.18 bits per heavy atom. The molecule has 0 atom stereocenters. The zero-order valence-corrected chi connectivity index (χ0v) is 20.3. The van der Waals surface area contributed by atoms with Gasteiger partial charge in [-0.2, -0.15) is 5.10 Å². The third-order valence-corrected chi connectivity index (χ3v) is 6.39. The molecule has 2 heterocycles. The minimum absolute atomic E-state index is 0.0535. The van der Waals surface area contributed by atoms with Gasteiger partial charge in [0.15, 0.2) is 0 Å². The summed E-state index contributed by atoms with van der Waals surface area (Å²) in [5.41, 5.74) is 4.89. The Kier molecular flexibility index (Phi) is 7.36. The number of halogens is 1. The van der Waals surface area contributed by atoms with Crippen molar-refractivity contribution in [2.24, 2.45) is 0 Å². The number of hydrogen-bond acceptors (Lipinski definition) is 4. The molecule has 2 aromatic carbocycles. The molecule has 0 saturated carbocycles. The number of fused-ring (bicyclic) bond motifs is 1. The van der Waals surface area contributed by atoms with Crippen LogP contribution >= 0.6 is 11.6 Å². The quantitative estimate of drug-likeness (QED) is 0.470. The molecule has 0 N–H and O–H groups in total. The van der Waals surface area contributed by atoms with Crippen LogP contribution in [0.3, 0.4) is 0 Å². The molecule has 174 valence electrons. The van der Waals surface area contributed by atoms with Gasteiger partial charge >= 0.3 is 0 Å². The molecule has 0 saturated heterocycles. The molecule has 1 aromatic heterocycles. The Balaban J connectivity index is 1.71. The first-order valence-corrected chi connectivity index (χ1v) is 11.9. The summed E-state index contributed by atoms with van der Waals surface area (Å²) in [6, 6.07) is 15.1. The number of carbonyl (C=O) groups is 1. The van der Waals surface area contributed by atoms with Crippen molar-refractivity contribution in [3.63, 3.8) is 0 Å². The lowest BCUT2D eigenvalue weighted by atomic mass is 10.0. The summed E-state index contributed by atoms with van der Waals surface area (Å²) in [6.07, 6.45) is 2.03. The Morgan fingerprint density at radius 3 is 2.73 bits per heavy atom. The summed E-state index contributed by atoms with van der Waals surface area (Å²) in [4.78, 5) is 17.7. The number of benzene rings is 2. The molecule has 33 heavy (non-hydrogen) atoms. The summed E-state index contributed by atoms with van der Waals surface area (Å²) in [5.74, 6) is 0.531. The molecule has 6 nitrogen and oxygen atoms in total. The summed E-state index contributed by atoms with van der Waals surface area (Å²) >= 11 is 6.28. The summed E-state index contributed by atoms with van der Waals surface area (Å²) in [6.45, 7) is 8.13. The molecule has 0 bridgehead atoms. The van der Waals surface area contributed by atoms with E-state index >= 15 is 0 Å². The van der Waals surface area contributed by atoms with Crippen LogP contribution < -0.4 is 4.74 Å². The van der Waals surface area contributed by atoms with E-state index in [1.807, 2.05) is 65.0 Å². The number of amides is 1. The van der Waals surface area contributed by atoms with Crippen molar-refractivity contribution in [1.82, 2.24) is 19.6 Å². The van der Waals surface area contributed by atoms with Crippen molar-refractivity contribution >= 4 is 17.5 Å². The van der Waals surface area contributed by atoms with Gasteiger partial charge in [-0.05, 0) is 50.2 Å². The van der Waals surface area contributed by atoms with Gasteiger partial charge in [-0.15, -0.1) is 0 Å². The molecule has 1 aliphatic heterocycles. The first kappa shape index (κ1) is 23.3. The molecule has 1 aliphatic rings. The Hall–Kier alpha value is -2.83. The van der Waals surface area contributed by atoms with Gasteiger partial charge in [0.2, 0.25) is 0 Å². The second-order valence-electron chi connectivity index (χ2n) is 8.31. The van der Waals surface area contributed by atoms with Crippen molar-refractivity contribution in [1.29, 1.82) is 0 Å². The normalized spacial score (nSPS) is 13.6. The van der Waals surface area contributed by atoms with E-state index in [2.05, 4.69) is 11.8 Å². The van der Waals surface area contributed by atoms with Gasteiger partial charge in [-0.1, -0.05) is 36.7 Å². The fraction of sp³-hybridized carbons (Fsp3) is 0.385. The van der Waals surface area contributed by atoms with E-state index in [1.165, 1.54) is 11.3 Å².